The first kappa shape index (κ1) is 18.6. The summed E-state index contributed by atoms with van der Waals surface area (Å²) in [6.07, 6.45) is 6.41. The molecule has 0 unspecified atom stereocenters. The Labute approximate surface area is 158 Å². The first-order valence-electron chi connectivity index (χ1n) is 10.0. The molecule has 26 heavy (non-hydrogen) atoms. The van der Waals surface area contributed by atoms with Gasteiger partial charge in [0.1, 0.15) is 5.75 Å². The second kappa shape index (κ2) is 9.51. The van der Waals surface area contributed by atoms with E-state index >= 15 is 0 Å². The minimum absolute atomic E-state index is 0.919. The standard InChI is InChI=1S/C23H32N2O/c1-3-4-16-25(19-20-12-14-21(26-2)15-13-20)23-11-7-6-10-22(23)24-17-8-5-9-18-24/h6-7,10-15H,3-5,8-9,16-19H2,1-2H3. The predicted octanol–water partition coefficient (Wildman–Crippen LogP) is 5.49. The van der Waals surface area contributed by atoms with E-state index in [1.807, 2.05) is 0 Å². The Morgan fingerprint density at radius 2 is 1.69 bits per heavy atom. The summed E-state index contributed by atoms with van der Waals surface area (Å²) >= 11 is 0. The smallest absolute Gasteiger partial charge is 0.118 e. The van der Waals surface area contributed by atoms with Gasteiger partial charge in [-0.05, 0) is 55.5 Å². The summed E-state index contributed by atoms with van der Waals surface area (Å²) in [4.78, 5) is 5.13. The molecule has 1 heterocycles. The summed E-state index contributed by atoms with van der Waals surface area (Å²) in [6.45, 7) is 6.66. The van der Waals surface area contributed by atoms with E-state index in [9.17, 15) is 0 Å². The molecule has 1 saturated heterocycles. The number of nitrogens with zero attached hydrogens (tertiary/aromatic N) is 2. The van der Waals surface area contributed by atoms with Gasteiger partial charge in [-0.15, -0.1) is 0 Å². The maximum Gasteiger partial charge on any atom is 0.118 e. The summed E-state index contributed by atoms with van der Waals surface area (Å²) in [5.74, 6) is 0.919. The molecule has 0 saturated carbocycles. The van der Waals surface area contributed by atoms with Crippen LogP contribution in [0.4, 0.5) is 11.4 Å². The van der Waals surface area contributed by atoms with Gasteiger partial charge in [0.15, 0.2) is 0 Å². The SMILES string of the molecule is CCCCN(Cc1ccc(OC)cc1)c1ccccc1N1CCCCC1. The first-order valence-corrected chi connectivity index (χ1v) is 10.0. The lowest BCUT2D eigenvalue weighted by Gasteiger charge is -2.34. The zero-order chi connectivity index (χ0) is 18.2. The minimum atomic E-state index is 0.919. The van der Waals surface area contributed by atoms with Gasteiger partial charge < -0.3 is 14.5 Å². The summed E-state index contributed by atoms with van der Waals surface area (Å²) < 4.78 is 5.30. The maximum absolute atomic E-state index is 5.30. The third kappa shape index (κ3) is 4.72. The van der Waals surface area contributed by atoms with Crippen LogP contribution in [0, 0.1) is 0 Å². The number of unbranched alkanes of at least 4 members (excludes halogenated alkanes) is 1. The van der Waals surface area contributed by atoms with Crippen molar-refractivity contribution in [2.24, 2.45) is 0 Å². The molecule has 2 aromatic carbocycles. The number of ether oxygens (including phenoxy) is 1. The Morgan fingerprint density at radius 3 is 2.38 bits per heavy atom. The van der Waals surface area contributed by atoms with Crippen molar-refractivity contribution >= 4 is 11.4 Å². The highest BCUT2D eigenvalue weighted by Gasteiger charge is 2.18. The van der Waals surface area contributed by atoms with Gasteiger partial charge in [-0.1, -0.05) is 37.6 Å². The highest BCUT2D eigenvalue weighted by atomic mass is 16.5. The predicted molar refractivity (Wildman–Crippen MR) is 111 cm³/mol. The van der Waals surface area contributed by atoms with Crippen molar-refractivity contribution in [1.82, 2.24) is 0 Å². The van der Waals surface area contributed by atoms with Gasteiger partial charge in [-0.3, -0.25) is 0 Å². The molecule has 0 aliphatic carbocycles. The lowest BCUT2D eigenvalue weighted by Crippen LogP contribution is -2.32. The van der Waals surface area contributed by atoms with Crippen LogP contribution in [0.3, 0.4) is 0 Å². The molecule has 3 heteroatoms. The molecule has 0 aromatic heterocycles. The van der Waals surface area contributed by atoms with Gasteiger partial charge in [0, 0.05) is 26.2 Å². The van der Waals surface area contributed by atoms with Crippen molar-refractivity contribution in [2.45, 2.75) is 45.6 Å². The van der Waals surface area contributed by atoms with Crippen molar-refractivity contribution in [2.75, 3.05) is 36.5 Å². The Kier molecular flexibility index (Phi) is 6.82. The molecule has 1 aliphatic rings. The van der Waals surface area contributed by atoms with Crippen LogP contribution >= 0.6 is 0 Å². The van der Waals surface area contributed by atoms with Crippen LogP contribution < -0.4 is 14.5 Å². The second-order valence-corrected chi connectivity index (χ2v) is 7.16. The van der Waals surface area contributed by atoms with E-state index in [4.69, 9.17) is 4.74 Å². The van der Waals surface area contributed by atoms with Gasteiger partial charge >= 0.3 is 0 Å². The van der Waals surface area contributed by atoms with Gasteiger partial charge in [0.05, 0.1) is 18.5 Å². The fourth-order valence-corrected chi connectivity index (χ4v) is 3.72. The molecule has 0 spiro atoms. The number of hydrogen-bond donors (Lipinski definition) is 0. The van der Waals surface area contributed by atoms with Gasteiger partial charge in [0.25, 0.3) is 0 Å². The number of para-hydroxylation sites is 2. The van der Waals surface area contributed by atoms with Gasteiger partial charge in [-0.25, -0.2) is 0 Å². The molecule has 1 fully saturated rings. The maximum atomic E-state index is 5.30. The number of methoxy groups -OCH3 is 1. The number of benzene rings is 2. The zero-order valence-corrected chi connectivity index (χ0v) is 16.3. The van der Waals surface area contributed by atoms with Crippen molar-refractivity contribution < 1.29 is 4.74 Å². The molecule has 3 rings (SSSR count). The van der Waals surface area contributed by atoms with Crippen LogP contribution in [-0.2, 0) is 6.54 Å². The third-order valence-corrected chi connectivity index (χ3v) is 5.23. The fourth-order valence-electron chi connectivity index (χ4n) is 3.72. The van der Waals surface area contributed by atoms with E-state index in [1.54, 1.807) is 7.11 Å². The highest BCUT2D eigenvalue weighted by Crippen LogP contribution is 2.32. The normalized spacial score (nSPS) is 14.3. The fraction of sp³-hybridized carbons (Fsp3) is 0.478. The summed E-state index contributed by atoms with van der Waals surface area (Å²) in [5, 5.41) is 0. The number of rotatable bonds is 8. The largest absolute Gasteiger partial charge is 0.497 e. The quantitative estimate of drug-likeness (QED) is 0.624. The van der Waals surface area contributed by atoms with Crippen LogP contribution in [0.25, 0.3) is 0 Å². The average Bonchev–Trinajstić information content (AvgIpc) is 2.72. The van der Waals surface area contributed by atoms with E-state index in [2.05, 4.69) is 65.3 Å². The second-order valence-electron chi connectivity index (χ2n) is 7.16. The Bertz CT molecular complexity index is 662. The molecule has 0 atom stereocenters. The topological polar surface area (TPSA) is 15.7 Å². The molecule has 0 bridgehead atoms. The van der Waals surface area contributed by atoms with E-state index in [1.165, 1.54) is 62.1 Å². The first-order chi connectivity index (χ1) is 12.8. The van der Waals surface area contributed by atoms with Crippen LogP contribution in [0.1, 0.15) is 44.6 Å². The molecule has 2 aromatic rings. The monoisotopic (exact) mass is 352 g/mol. The van der Waals surface area contributed by atoms with Crippen molar-refractivity contribution in [3.63, 3.8) is 0 Å². The number of piperidine rings is 1. The van der Waals surface area contributed by atoms with E-state index in [0.29, 0.717) is 0 Å². The molecule has 0 amide bonds. The lowest BCUT2D eigenvalue weighted by molar-refractivity contribution is 0.414. The molecule has 140 valence electrons. The van der Waals surface area contributed by atoms with Crippen molar-refractivity contribution in [3.8, 4) is 5.75 Å². The van der Waals surface area contributed by atoms with Crippen LogP contribution in [0.15, 0.2) is 48.5 Å². The highest BCUT2D eigenvalue weighted by molar-refractivity contribution is 5.71. The van der Waals surface area contributed by atoms with E-state index in [-0.39, 0.29) is 0 Å². The molecule has 1 aliphatic heterocycles. The molecular formula is C23H32N2O. The zero-order valence-electron chi connectivity index (χ0n) is 16.3. The average molecular weight is 353 g/mol. The van der Waals surface area contributed by atoms with Crippen LogP contribution in [0.2, 0.25) is 0 Å². The summed E-state index contributed by atoms with van der Waals surface area (Å²) in [5.41, 5.74) is 4.10. The lowest BCUT2D eigenvalue weighted by atomic mass is 10.1. The van der Waals surface area contributed by atoms with Gasteiger partial charge in [0.2, 0.25) is 0 Å². The van der Waals surface area contributed by atoms with E-state index in [0.717, 1.165) is 18.8 Å². The Morgan fingerprint density at radius 1 is 0.962 bits per heavy atom. The van der Waals surface area contributed by atoms with Crippen LogP contribution in [0.5, 0.6) is 5.75 Å². The molecule has 3 nitrogen and oxygen atoms in total. The molecular weight excluding hydrogens is 320 g/mol. The van der Waals surface area contributed by atoms with Crippen LogP contribution in [-0.4, -0.2) is 26.7 Å². The van der Waals surface area contributed by atoms with E-state index < -0.39 is 0 Å². The van der Waals surface area contributed by atoms with Crippen molar-refractivity contribution in [3.05, 3.63) is 54.1 Å². The summed E-state index contributed by atoms with van der Waals surface area (Å²) in [7, 11) is 1.72. The summed E-state index contributed by atoms with van der Waals surface area (Å²) in [6, 6.07) is 17.4. The third-order valence-electron chi connectivity index (χ3n) is 5.23. The Balaban J connectivity index is 1.84. The molecule has 0 N–H and O–H groups in total. The minimum Gasteiger partial charge on any atom is -0.497 e. The van der Waals surface area contributed by atoms with Gasteiger partial charge in [-0.2, -0.15) is 0 Å². The Hall–Kier alpha value is -2.16. The van der Waals surface area contributed by atoms with Crippen molar-refractivity contribution in [1.29, 1.82) is 0 Å². The number of hydrogen-bond acceptors (Lipinski definition) is 3. The number of anilines is 2. The molecule has 0 radical (unpaired) electrons.